The molecule has 1 aliphatic rings. The molecule has 1 fully saturated rings. The minimum Gasteiger partial charge on any atom is -0.493 e. The molecule has 0 radical (unpaired) electrons. The molecule has 0 unspecified atom stereocenters. The molecule has 0 amide bonds. The largest absolute Gasteiger partial charge is 0.493 e. The summed E-state index contributed by atoms with van der Waals surface area (Å²) < 4.78 is 29.1. The maximum Gasteiger partial charge on any atom is 0.209 e. The van der Waals surface area contributed by atoms with Crippen LogP contribution in [0.2, 0.25) is 0 Å². The van der Waals surface area contributed by atoms with E-state index in [1.54, 1.807) is 0 Å². The fraction of sp³-hybridized carbons (Fsp3) is 0.625. The molecule has 1 aliphatic carbocycles. The van der Waals surface area contributed by atoms with Crippen LogP contribution in [0.4, 0.5) is 0 Å². The first-order chi connectivity index (χ1) is 9.80. The molecule has 0 heterocycles. The summed E-state index contributed by atoms with van der Waals surface area (Å²) in [5.41, 5.74) is 1.88. The second-order valence-corrected chi connectivity index (χ2v) is 8.04. The number of sulfonamides is 1. The van der Waals surface area contributed by atoms with Gasteiger partial charge < -0.3 is 4.74 Å². The smallest absolute Gasteiger partial charge is 0.209 e. The third kappa shape index (κ3) is 4.71. The quantitative estimate of drug-likeness (QED) is 0.909. The second kappa shape index (κ2) is 6.36. The van der Waals surface area contributed by atoms with Crippen molar-refractivity contribution in [3.05, 3.63) is 29.3 Å². The average molecular weight is 311 g/mol. The fourth-order valence-corrected chi connectivity index (χ4v) is 4.38. The van der Waals surface area contributed by atoms with Gasteiger partial charge in [0.1, 0.15) is 5.75 Å². The van der Waals surface area contributed by atoms with E-state index < -0.39 is 10.0 Å². The SMILES string of the molecule is Cc1ccc(C)c(OCC2(CS(N)(=O)=O)CCCCC2)c1. The van der Waals surface area contributed by atoms with Gasteiger partial charge in [-0.2, -0.15) is 0 Å². The minimum absolute atomic E-state index is 0.0187. The molecule has 2 rings (SSSR count). The summed E-state index contributed by atoms with van der Waals surface area (Å²) in [4.78, 5) is 0. The molecule has 4 nitrogen and oxygen atoms in total. The summed E-state index contributed by atoms with van der Waals surface area (Å²) in [5, 5.41) is 5.29. The standard InChI is InChI=1S/C16H25NO3S/c1-13-6-7-14(2)15(10-13)20-11-16(12-21(17,18)19)8-4-3-5-9-16/h6-7,10H,3-5,8-9,11-12H2,1-2H3,(H2,17,18,19). The summed E-state index contributed by atoms with van der Waals surface area (Å²) in [6, 6.07) is 6.07. The van der Waals surface area contributed by atoms with Gasteiger partial charge in [0.15, 0.2) is 0 Å². The maximum atomic E-state index is 11.6. The molecule has 1 aromatic rings. The summed E-state index contributed by atoms with van der Waals surface area (Å²) in [7, 11) is -3.48. The van der Waals surface area contributed by atoms with Crippen LogP contribution in [0.15, 0.2) is 18.2 Å². The van der Waals surface area contributed by atoms with Gasteiger partial charge in [0.2, 0.25) is 10.0 Å². The van der Waals surface area contributed by atoms with Crippen LogP contribution in [0, 0.1) is 19.3 Å². The van der Waals surface area contributed by atoms with Crippen molar-refractivity contribution in [1.29, 1.82) is 0 Å². The zero-order valence-electron chi connectivity index (χ0n) is 12.9. The number of hydrogen-bond acceptors (Lipinski definition) is 3. The third-order valence-corrected chi connectivity index (χ3v) is 5.31. The Kier molecular flexibility index (Phi) is 4.94. The molecular formula is C16H25NO3S. The van der Waals surface area contributed by atoms with Crippen molar-refractivity contribution < 1.29 is 13.2 Å². The van der Waals surface area contributed by atoms with Crippen molar-refractivity contribution >= 4 is 10.0 Å². The first kappa shape index (κ1) is 16.3. The number of aryl methyl sites for hydroxylation is 2. The van der Waals surface area contributed by atoms with Crippen LogP contribution in [0.25, 0.3) is 0 Å². The third-order valence-electron chi connectivity index (χ3n) is 4.30. The fourth-order valence-electron chi connectivity index (χ4n) is 3.15. The number of hydrogen-bond donors (Lipinski definition) is 1. The average Bonchev–Trinajstić information content (AvgIpc) is 2.39. The van der Waals surface area contributed by atoms with Gasteiger partial charge in [-0.1, -0.05) is 31.4 Å². The summed E-state index contributed by atoms with van der Waals surface area (Å²) >= 11 is 0. The monoisotopic (exact) mass is 311 g/mol. The Hall–Kier alpha value is -1.07. The highest BCUT2D eigenvalue weighted by Gasteiger charge is 2.36. The van der Waals surface area contributed by atoms with E-state index in [0.717, 1.165) is 49.0 Å². The van der Waals surface area contributed by atoms with Crippen LogP contribution in [0.1, 0.15) is 43.2 Å². The molecular weight excluding hydrogens is 286 g/mol. The van der Waals surface area contributed by atoms with Gasteiger partial charge in [0, 0.05) is 5.41 Å². The summed E-state index contributed by atoms with van der Waals surface area (Å²) in [5.74, 6) is 0.861. The molecule has 0 bridgehead atoms. The summed E-state index contributed by atoms with van der Waals surface area (Å²) in [6.07, 6.45) is 5.00. The molecule has 5 heteroatoms. The summed E-state index contributed by atoms with van der Waals surface area (Å²) in [6.45, 7) is 4.45. The zero-order valence-corrected chi connectivity index (χ0v) is 13.7. The molecule has 21 heavy (non-hydrogen) atoms. The minimum atomic E-state index is -3.48. The van der Waals surface area contributed by atoms with E-state index in [1.807, 2.05) is 32.0 Å². The van der Waals surface area contributed by atoms with Crippen molar-refractivity contribution in [1.82, 2.24) is 0 Å². The van der Waals surface area contributed by atoms with Crippen LogP contribution in [0.5, 0.6) is 5.75 Å². The van der Waals surface area contributed by atoms with Gasteiger partial charge in [0.25, 0.3) is 0 Å². The first-order valence-electron chi connectivity index (χ1n) is 7.50. The van der Waals surface area contributed by atoms with Gasteiger partial charge in [-0.15, -0.1) is 0 Å². The van der Waals surface area contributed by atoms with E-state index in [9.17, 15) is 8.42 Å². The van der Waals surface area contributed by atoms with Gasteiger partial charge in [-0.05, 0) is 43.9 Å². The molecule has 0 atom stereocenters. The van der Waals surface area contributed by atoms with E-state index >= 15 is 0 Å². The van der Waals surface area contributed by atoms with Crippen molar-refractivity contribution in [2.45, 2.75) is 46.0 Å². The lowest BCUT2D eigenvalue weighted by Crippen LogP contribution is -2.40. The highest BCUT2D eigenvalue weighted by Crippen LogP contribution is 2.38. The topological polar surface area (TPSA) is 69.4 Å². The highest BCUT2D eigenvalue weighted by atomic mass is 32.2. The normalized spacial score (nSPS) is 18.4. The number of primary sulfonamides is 1. The van der Waals surface area contributed by atoms with Gasteiger partial charge >= 0.3 is 0 Å². The number of nitrogens with two attached hydrogens (primary N) is 1. The van der Waals surface area contributed by atoms with Crippen LogP contribution in [-0.2, 0) is 10.0 Å². The Morgan fingerprint density at radius 2 is 1.86 bits per heavy atom. The first-order valence-corrected chi connectivity index (χ1v) is 9.22. The Morgan fingerprint density at radius 1 is 1.19 bits per heavy atom. The van der Waals surface area contributed by atoms with E-state index in [2.05, 4.69) is 0 Å². The maximum absolute atomic E-state index is 11.6. The Morgan fingerprint density at radius 3 is 2.48 bits per heavy atom. The van der Waals surface area contributed by atoms with E-state index in [0.29, 0.717) is 6.61 Å². The predicted molar refractivity (Wildman–Crippen MR) is 84.9 cm³/mol. The highest BCUT2D eigenvalue weighted by molar-refractivity contribution is 7.89. The molecule has 1 aromatic carbocycles. The van der Waals surface area contributed by atoms with Gasteiger partial charge in [-0.25, -0.2) is 13.6 Å². The zero-order chi connectivity index (χ0) is 15.5. The molecule has 0 spiro atoms. The Labute approximate surface area is 127 Å². The Bertz CT molecular complexity index is 590. The molecule has 2 N–H and O–H groups in total. The van der Waals surface area contributed by atoms with E-state index in [-0.39, 0.29) is 11.2 Å². The van der Waals surface area contributed by atoms with Crippen LogP contribution in [-0.4, -0.2) is 20.8 Å². The van der Waals surface area contributed by atoms with Gasteiger partial charge in [-0.3, -0.25) is 0 Å². The van der Waals surface area contributed by atoms with Crippen LogP contribution < -0.4 is 9.88 Å². The van der Waals surface area contributed by atoms with Crippen molar-refractivity contribution in [3.8, 4) is 5.75 Å². The van der Waals surface area contributed by atoms with E-state index in [4.69, 9.17) is 9.88 Å². The lowest BCUT2D eigenvalue weighted by atomic mass is 9.76. The number of benzene rings is 1. The number of ether oxygens (including phenoxy) is 1. The lowest BCUT2D eigenvalue weighted by Gasteiger charge is -2.36. The molecule has 118 valence electrons. The molecule has 1 saturated carbocycles. The predicted octanol–water partition coefficient (Wildman–Crippen LogP) is 2.92. The van der Waals surface area contributed by atoms with Crippen LogP contribution >= 0.6 is 0 Å². The van der Waals surface area contributed by atoms with Crippen molar-refractivity contribution in [2.75, 3.05) is 12.4 Å². The molecule has 0 saturated heterocycles. The van der Waals surface area contributed by atoms with Crippen LogP contribution in [0.3, 0.4) is 0 Å². The lowest BCUT2D eigenvalue weighted by molar-refractivity contribution is 0.118. The molecule has 0 aromatic heterocycles. The second-order valence-electron chi connectivity index (χ2n) is 6.43. The van der Waals surface area contributed by atoms with E-state index in [1.165, 1.54) is 0 Å². The van der Waals surface area contributed by atoms with Crippen molar-refractivity contribution in [3.63, 3.8) is 0 Å². The number of rotatable bonds is 5. The van der Waals surface area contributed by atoms with Gasteiger partial charge in [0.05, 0.1) is 12.4 Å². The molecule has 0 aliphatic heterocycles. The van der Waals surface area contributed by atoms with Crippen molar-refractivity contribution in [2.24, 2.45) is 10.6 Å². The Balaban J connectivity index is 2.14.